The minimum atomic E-state index is 0.108. The fraction of sp³-hybridized carbons (Fsp3) is 0.692. The number of aromatic amines is 1. The third-order valence-corrected chi connectivity index (χ3v) is 3.62. The highest BCUT2D eigenvalue weighted by atomic mass is 16.2. The Balaban J connectivity index is 1.78. The molecular weight excluding hydrogens is 228 g/mol. The Bertz CT molecular complexity index is 366. The second-order valence-electron chi connectivity index (χ2n) is 5.18. The molecule has 1 atom stereocenters. The minimum absolute atomic E-state index is 0.108. The molecule has 1 aromatic rings. The summed E-state index contributed by atoms with van der Waals surface area (Å²) in [7, 11) is 0. The van der Waals surface area contributed by atoms with Crippen LogP contribution in [0.15, 0.2) is 12.3 Å². The molecule has 0 bridgehead atoms. The molecule has 5 heteroatoms. The van der Waals surface area contributed by atoms with Gasteiger partial charge in [-0.2, -0.15) is 5.10 Å². The largest absolute Gasteiger partial charge is 0.343 e. The first-order chi connectivity index (χ1) is 8.66. The quantitative estimate of drug-likeness (QED) is 0.844. The van der Waals surface area contributed by atoms with E-state index in [1.807, 2.05) is 17.9 Å². The average Bonchev–Trinajstić information content (AvgIpc) is 2.90. The molecule has 3 N–H and O–H groups in total. The Labute approximate surface area is 108 Å². The maximum absolute atomic E-state index is 11.9. The molecule has 2 rings (SSSR count). The molecule has 0 saturated carbocycles. The van der Waals surface area contributed by atoms with Gasteiger partial charge in [0.1, 0.15) is 0 Å². The van der Waals surface area contributed by atoms with E-state index in [4.69, 9.17) is 5.73 Å². The van der Waals surface area contributed by atoms with Gasteiger partial charge in [-0.1, -0.05) is 0 Å². The van der Waals surface area contributed by atoms with Crippen LogP contribution in [0.1, 0.15) is 44.2 Å². The monoisotopic (exact) mass is 250 g/mol. The molecule has 2 heterocycles. The highest BCUT2D eigenvalue weighted by Gasteiger charge is 2.24. The summed E-state index contributed by atoms with van der Waals surface area (Å²) in [5, 5.41) is 7.00. The van der Waals surface area contributed by atoms with Crippen molar-refractivity contribution in [3.63, 3.8) is 0 Å². The Hall–Kier alpha value is -1.36. The lowest BCUT2D eigenvalue weighted by Crippen LogP contribution is -2.38. The second kappa shape index (κ2) is 6.00. The van der Waals surface area contributed by atoms with E-state index in [0.717, 1.165) is 32.4 Å². The normalized spacial score (nSPS) is 18.9. The number of amides is 1. The molecule has 100 valence electrons. The SMILES string of the molecule is CC(N)CCC(=O)N1CCC(c2ccn[nH]2)CC1. The van der Waals surface area contributed by atoms with Gasteiger partial charge in [-0.15, -0.1) is 0 Å². The Morgan fingerprint density at radius 1 is 1.61 bits per heavy atom. The van der Waals surface area contributed by atoms with Gasteiger partial charge in [-0.25, -0.2) is 0 Å². The second-order valence-corrected chi connectivity index (χ2v) is 5.18. The van der Waals surface area contributed by atoms with Crippen LogP contribution in [-0.4, -0.2) is 40.1 Å². The molecule has 0 aromatic carbocycles. The van der Waals surface area contributed by atoms with Crippen LogP contribution >= 0.6 is 0 Å². The maximum atomic E-state index is 11.9. The van der Waals surface area contributed by atoms with E-state index in [2.05, 4.69) is 10.2 Å². The van der Waals surface area contributed by atoms with Crippen molar-refractivity contribution in [3.05, 3.63) is 18.0 Å². The number of nitrogens with two attached hydrogens (primary N) is 1. The smallest absolute Gasteiger partial charge is 0.222 e. The number of rotatable bonds is 4. The van der Waals surface area contributed by atoms with Gasteiger partial charge in [0.05, 0.1) is 0 Å². The third-order valence-electron chi connectivity index (χ3n) is 3.62. The number of nitrogens with one attached hydrogen (secondary N) is 1. The molecule has 0 spiro atoms. The van der Waals surface area contributed by atoms with E-state index in [1.54, 1.807) is 6.20 Å². The summed E-state index contributed by atoms with van der Waals surface area (Å²) in [4.78, 5) is 13.9. The number of aromatic nitrogens is 2. The molecule has 5 nitrogen and oxygen atoms in total. The summed E-state index contributed by atoms with van der Waals surface area (Å²) in [5.41, 5.74) is 6.87. The van der Waals surface area contributed by atoms with Crippen molar-refractivity contribution in [2.45, 2.75) is 44.6 Å². The molecule has 18 heavy (non-hydrogen) atoms. The van der Waals surface area contributed by atoms with Crippen LogP contribution in [0.25, 0.3) is 0 Å². The van der Waals surface area contributed by atoms with E-state index in [1.165, 1.54) is 5.69 Å². The molecule has 1 aromatic heterocycles. The zero-order chi connectivity index (χ0) is 13.0. The first-order valence-corrected chi connectivity index (χ1v) is 6.69. The molecule has 1 amide bonds. The molecular formula is C13H22N4O. The summed E-state index contributed by atoms with van der Waals surface area (Å²) in [6.07, 6.45) is 5.18. The Morgan fingerprint density at radius 2 is 2.33 bits per heavy atom. The first kappa shape index (κ1) is 13.1. The number of carbonyl (C=O) groups is 1. The maximum Gasteiger partial charge on any atom is 0.222 e. The van der Waals surface area contributed by atoms with Crippen LogP contribution in [0.3, 0.4) is 0 Å². The number of likely N-dealkylation sites (tertiary alicyclic amines) is 1. The lowest BCUT2D eigenvalue weighted by Gasteiger charge is -2.31. The van der Waals surface area contributed by atoms with Crippen molar-refractivity contribution >= 4 is 5.91 Å². The van der Waals surface area contributed by atoms with Crippen LogP contribution in [0.5, 0.6) is 0 Å². The number of H-pyrrole nitrogens is 1. The van der Waals surface area contributed by atoms with Gasteiger partial charge in [-0.3, -0.25) is 9.89 Å². The molecule has 1 unspecified atom stereocenters. The van der Waals surface area contributed by atoms with Crippen LogP contribution in [0.2, 0.25) is 0 Å². The van der Waals surface area contributed by atoms with Gasteiger partial charge in [0.25, 0.3) is 0 Å². The Kier molecular flexibility index (Phi) is 4.36. The number of carbonyl (C=O) groups excluding carboxylic acids is 1. The van der Waals surface area contributed by atoms with Crippen LogP contribution in [0, 0.1) is 0 Å². The lowest BCUT2D eigenvalue weighted by molar-refractivity contribution is -0.132. The number of piperidine rings is 1. The molecule has 1 aliphatic rings. The third kappa shape index (κ3) is 3.32. The summed E-state index contributed by atoms with van der Waals surface area (Å²) < 4.78 is 0. The van der Waals surface area contributed by atoms with Crippen LogP contribution in [0.4, 0.5) is 0 Å². The number of hydrogen-bond acceptors (Lipinski definition) is 3. The van der Waals surface area contributed by atoms with Crippen molar-refractivity contribution in [2.24, 2.45) is 5.73 Å². The lowest BCUT2D eigenvalue weighted by atomic mass is 9.93. The fourth-order valence-electron chi connectivity index (χ4n) is 2.44. The van der Waals surface area contributed by atoms with E-state index in [9.17, 15) is 4.79 Å². The van der Waals surface area contributed by atoms with Crippen molar-refractivity contribution in [1.82, 2.24) is 15.1 Å². The Morgan fingerprint density at radius 3 is 2.89 bits per heavy atom. The average molecular weight is 250 g/mol. The summed E-state index contributed by atoms with van der Waals surface area (Å²) in [5.74, 6) is 0.764. The van der Waals surface area contributed by atoms with Gasteiger partial charge in [0.2, 0.25) is 5.91 Å². The molecule has 0 aliphatic carbocycles. The molecule has 1 aliphatic heterocycles. The number of hydrogen-bond donors (Lipinski definition) is 2. The highest BCUT2D eigenvalue weighted by Crippen LogP contribution is 2.26. The zero-order valence-electron chi connectivity index (χ0n) is 10.9. The highest BCUT2D eigenvalue weighted by molar-refractivity contribution is 5.76. The van der Waals surface area contributed by atoms with Crippen molar-refractivity contribution in [3.8, 4) is 0 Å². The zero-order valence-corrected chi connectivity index (χ0v) is 10.9. The molecule has 1 saturated heterocycles. The van der Waals surface area contributed by atoms with Crippen LogP contribution in [-0.2, 0) is 4.79 Å². The molecule has 0 radical (unpaired) electrons. The molecule has 1 fully saturated rings. The minimum Gasteiger partial charge on any atom is -0.343 e. The summed E-state index contributed by atoms with van der Waals surface area (Å²) >= 11 is 0. The van der Waals surface area contributed by atoms with Crippen molar-refractivity contribution in [1.29, 1.82) is 0 Å². The van der Waals surface area contributed by atoms with Gasteiger partial charge >= 0.3 is 0 Å². The summed E-state index contributed by atoms with van der Waals surface area (Å²) in [6, 6.07) is 2.13. The fourth-order valence-corrected chi connectivity index (χ4v) is 2.44. The predicted octanol–water partition coefficient (Wildman–Crippen LogP) is 1.24. The van der Waals surface area contributed by atoms with E-state index in [-0.39, 0.29) is 11.9 Å². The van der Waals surface area contributed by atoms with Gasteiger partial charge < -0.3 is 10.6 Å². The summed E-state index contributed by atoms with van der Waals surface area (Å²) in [6.45, 7) is 3.64. The first-order valence-electron chi connectivity index (χ1n) is 6.69. The van der Waals surface area contributed by atoms with Crippen molar-refractivity contribution < 1.29 is 4.79 Å². The number of nitrogens with zero attached hydrogens (tertiary/aromatic N) is 2. The predicted molar refractivity (Wildman–Crippen MR) is 70.0 cm³/mol. The van der Waals surface area contributed by atoms with Crippen molar-refractivity contribution in [2.75, 3.05) is 13.1 Å². The standard InChI is InChI=1S/C13H22N4O/c1-10(14)2-3-13(18)17-8-5-11(6-9-17)12-4-7-15-16-12/h4,7,10-11H,2-3,5-6,8-9,14H2,1H3,(H,15,16). The van der Waals surface area contributed by atoms with Gasteiger partial charge in [0, 0.05) is 43.4 Å². The van der Waals surface area contributed by atoms with E-state index < -0.39 is 0 Å². The van der Waals surface area contributed by atoms with Gasteiger partial charge in [0.15, 0.2) is 0 Å². The van der Waals surface area contributed by atoms with E-state index >= 15 is 0 Å². The van der Waals surface area contributed by atoms with Gasteiger partial charge in [-0.05, 0) is 32.3 Å². The van der Waals surface area contributed by atoms with E-state index in [0.29, 0.717) is 12.3 Å². The topological polar surface area (TPSA) is 75.0 Å². The van der Waals surface area contributed by atoms with Crippen LogP contribution < -0.4 is 5.73 Å².